The molecule has 17 heavy (non-hydrogen) atoms. The number of nitrogens with zero attached hydrogens (tertiary/aromatic N) is 3. The fraction of sp³-hybridized carbons (Fsp3) is 0.700. The minimum Gasteiger partial charge on any atom is -0.359 e. The van der Waals surface area contributed by atoms with Crippen LogP contribution < -0.4 is 10.6 Å². The van der Waals surface area contributed by atoms with Gasteiger partial charge in [-0.05, 0) is 20.8 Å². The van der Waals surface area contributed by atoms with Gasteiger partial charge in [-0.1, -0.05) is 0 Å². The SMILES string of the molecule is Cc1nn(C(C)C)c(NC2CNC2)c1[N+](=O)[O-]. The second-order valence-corrected chi connectivity index (χ2v) is 4.58. The highest BCUT2D eigenvalue weighted by atomic mass is 16.6. The summed E-state index contributed by atoms with van der Waals surface area (Å²) in [5.74, 6) is 0.522. The lowest BCUT2D eigenvalue weighted by molar-refractivity contribution is -0.384. The summed E-state index contributed by atoms with van der Waals surface area (Å²) >= 11 is 0. The smallest absolute Gasteiger partial charge is 0.333 e. The monoisotopic (exact) mass is 239 g/mol. The molecule has 0 atom stereocenters. The molecule has 1 aromatic heterocycles. The first kappa shape index (κ1) is 11.8. The third kappa shape index (κ3) is 2.10. The lowest BCUT2D eigenvalue weighted by atomic mass is 10.2. The van der Waals surface area contributed by atoms with Crippen LogP contribution in [-0.2, 0) is 0 Å². The van der Waals surface area contributed by atoms with Crippen molar-refractivity contribution in [1.82, 2.24) is 15.1 Å². The zero-order chi connectivity index (χ0) is 12.6. The summed E-state index contributed by atoms with van der Waals surface area (Å²) in [6.45, 7) is 7.25. The Morgan fingerprint density at radius 1 is 1.59 bits per heavy atom. The molecule has 1 saturated heterocycles. The van der Waals surface area contributed by atoms with Crippen LogP contribution in [0.15, 0.2) is 0 Å². The van der Waals surface area contributed by atoms with Gasteiger partial charge in [0.1, 0.15) is 5.69 Å². The fourth-order valence-corrected chi connectivity index (χ4v) is 1.85. The van der Waals surface area contributed by atoms with Crippen LogP contribution in [0.3, 0.4) is 0 Å². The Kier molecular flexibility index (Phi) is 3.01. The van der Waals surface area contributed by atoms with Crippen molar-refractivity contribution in [2.24, 2.45) is 0 Å². The quantitative estimate of drug-likeness (QED) is 0.606. The third-order valence-corrected chi connectivity index (χ3v) is 2.85. The van der Waals surface area contributed by atoms with Gasteiger partial charge in [0.25, 0.3) is 0 Å². The van der Waals surface area contributed by atoms with Crippen LogP contribution in [0.25, 0.3) is 0 Å². The van der Waals surface area contributed by atoms with Gasteiger partial charge in [-0.15, -0.1) is 0 Å². The molecule has 7 nitrogen and oxygen atoms in total. The molecule has 1 aliphatic rings. The first-order valence-corrected chi connectivity index (χ1v) is 5.71. The molecule has 94 valence electrons. The van der Waals surface area contributed by atoms with Crippen LogP contribution in [0.2, 0.25) is 0 Å². The highest BCUT2D eigenvalue weighted by Crippen LogP contribution is 2.31. The van der Waals surface area contributed by atoms with Crippen molar-refractivity contribution in [2.75, 3.05) is 18.4 Å². The van der Waals surface area contributed by atoms with Gasteiger partial charge < -0.3 is 10.6 Å². The van der Waals surface area contributed by atoms with Gasteiger partial charge >= 0.3 is 5.69 Å². The lowest BCUT2D eigenvalue weighted by Gasteiger charge is -2.29. The highest BCUT2D eigenvalue weighted by Gasteiger charge is 2.29. The summed E-state index contributed by atoms with van der Waals surface area (Å²) in [7, 11) is 0. The minimum atomic E-state index is -0.365. The predicted octanol–water partition coefficient (Wildman–Crippen LogP) is 1.06. The van der Waals surface area contributed by atoms with E-state index in [0.717, 1.165) is 13.1 Å². The van der Waals surface area contributed by atoms with E-state index in [2.05, 4.69) is 15.7 Å². The van der Waals surface area contributed by atoms with Crippen LogP contribution in [0.4, 0.5) is 11.5 Å². The summed E-state index contributed by atoms with van der Waals surface area (Å²) in [4.78, 5) is 10.7. The number of rotatable bonds is 4. The van der Waals surface area contributed by atoms with Gasteiger partial charge in [-0.2, -0.15) is 5.10 Å². The molecular formula is C10H17N5O2. The Hall–Kier alpha value is -1.63. The molecule has 0 aromatic carbocycles. The zero-order valence-electron chi connectivity index (χ0n) is 10.2. The largest absolute Gasteiger partial charge is 0.359 e. The van der Waals surface area contributed by atoms with Crippen LogP contribution >= 0.6 is 0 Å². The van der Waals surface area contributed by atoms with Crippen LogP contribution in [0, 0.1) is 17.0 Å². The Balaban J connectivity index is 2.38. The van der Waals surface area contributed by atoms with Crippen molar-refractivity contribution >= 4 is 11.5 Å². The van der Waals surface area contributed by atoms with Crippen molar-refractivity contribution in [3.05, 3.63) is 15.8 Å². The molecule has 1 aliphatic heterocycles. The van der Waals surface area contributed by atoms with Crippen molar-refractivity contribution in [3.63, 3.8) is 0 Å². The van der Waals surface area contributed by atoms with Crippen molar-refractivity contribution < 1.29 is 4.92 Å². The van der Waals surface area contributed by atoms with Gasteiger partial charge in [0, 0.05) is 19.1 Å². The highest BCUT2D eigenvalue weighted by molar-refractivity contribution is 5.60. The van der Waals surface area contributed by atoms with Crippen LogP contribution in [-0.4, -0.2) is 33.8 Å². The van der Waals surface area contributed by atoms with Gasteiger partial charge in [0.2, 0.25) is 5.82 Å². The lowest BCUT2D eigenvalue weighted by Crippen LogP contribution is -2.51. The normalized spacial score (nSPS) is 16.0. The Morgan fingerprint density at radius 2 is 2.24 bits per heavy atom. The van der Waals surface area contributed by atoms with E-state index in [-0.39, 0.29) is 22.7 Å². The topological polar surface area (TPSA) is 85.0 Å². The number of aromatic nitrogens is 2. The van der Waals surface area contributed by atoms with E-state index >= 15 is 0 Å². The van der Waals surface area contributed by atoms with Gasteiger partial charge in [-0.25, -0.2) is 4.68 Å². The predicted molar refractivity (Wildman–Crippen MR) is 64.3 cm³/mol. The average molecular weight is 239 g/mol. The van der Waals surface area contributed by atoms with E-state index in [0.29, 0.717) is 11.5 Å². The molecule has 0 unspecified atom stereocenters. The number of anilines is 1. The molecule has 2 heterocycles. The Labute approximate surface area is 99.3 Å². The maximum atomic E-state index is 11.1. The van der Waals surface area contributed by atoms with E-state index in [1.165, 1.54) is 0 Å². The number of nitro groups is 1. The maximum Gasteiger partial charge on any atom is 0.333 e. The molecule has 2 rings (SSSR count). The summed E-state index contributed by atoms with van der Waals surface area (Å²) in [6.07, 6.45) is 0. The number of nitrogens with one attached hydrogen (secondary N) is 2. The maximum absolute atomic E-state index is 11.1. The molecule has 0 aliphatic carbocycles. The number of hydrogen-bond donors (Lipinski definition) is 2. The first-order valence-electron chi connectivity index (χ1n) is 5.71. The van der Waals surface area contributed by atoms with E-state index in [9.17, 15) is 10.1 Å². The number of aryl methyl sites for hydroxylation is 1. The zero-order valence-corrected chi connectivity index (χ0v) is 10.2. The molecule has 7 heteroatoms. The standard InChI is InChI=1S/C10H17N5O2/c1-6(2)14-10(12-8-4-11-5-8)9(15(16)17)7(3)13-14/h6,8,11-12H,4-5H2,1-3H3. The average Bonchev–Trinajstić information content (AvgIpc) is 2.49. The van der Waals surface area contributed by atoms with Crippen molar-refractivity contribution in [1.29, 1.82) is 0 Å². The molecule has 0 spiro atoms. The number of hydrogen-bond acceptors (Lipinski definition) is 5. The van der Waals surface area contributed by atoms with Crippen molar-refractivity contribution in [2.45, 2.75) is 32.9 Å². The van der Waals surface area contributed by atoms with Gasteiger partial charge in [-0.3, -0.25) is 10.1 Å². The van der Waals surface area contributed by atoms with Gasteiger partial charge in [0.15, 0.2) is 0 Å². The molecule has 2 N–H and O–H groups in total. The minimum absolute atomic E-state index is 0.0885. The molecular weight excluding hydrogens is 222 g/mol. The Bertz CT molecular complexity index is 436. The van der Waals surface area contributed by atoms with Crippen LogP contribution in [0.1, 0.15) is 25.6 Å². The third-order valence-electron chi connectivity index (χ3n) is 2.85. The van der Waals surface area contributed by atoms with E-state index < -0.39 is 0 Å². The first-order chi connectivity index (χ1) is 8.00. The Morgan fingerprint density at radius 3 is 2.65 bits per heavy atom. The summed E-state index contributed by atoms with van der Waals surface area (Å²) < 4.78 is 1.69. The molecule has 0 bridgehead atoms. The van der Waals surface area contributed by atoms with Crippen molar-refractivity contribution in [3.8, 4) is 0 Å². The molecule has 0 amide bonds. The summed E-state index contributed by atoms with van der Waals surface area (Å²) in [6, 6.07) is 0.347. The van der Waals surface area contributed by atoms with Crippen LogP contribution in [0.5, 0.6) is 0 Å². The summed E-state index contributed by atoms with van der Waals surface area (Å²) in [5.41, 5.74) is 0.545. The summed E-state index contributed by atoms with van der Waals surface area (Å²) in [5, 5.41) is 21.6. The fourth-order valence-electron chi connectivity index (χ4n) is 1.85. The second kappa shape index (κ2) is 4.33. The molecule has 1 fully saturated rings. The molecule has 0 radical (unpaired) electrons. The van der Waals surface area contributed by atoms with E-state index in [1.54, 1.807) is 11.6 Å². The molecule has 1 aromatic rings. The molecule has 0 saturated carbocycles. The second-order valence-electron chi connectivity index (χ2n) is 4.58. The van der Waals surface area contributed by atoms with E-state index in [1.807, 2.05) is 13.8 Å². The van der Waals surface area contributed by atoms with Gasteiger partial charge in [0.05, 0.1) is 11.0 Å². The van der Waals surface area contributed by atoms with E-state index in [4.69, 9.17) is 0 Å².